The average molecular weight is 439 g/mol. The van der Waals surface area contributed by atoms with E-state index in [4.69, 9.17) is 14.2 Å². The first-order chi connectivity index (χ1) is 11.6. The van der Waals surface area contributed by atoms with E-state index in [0.29, 0.717) is 18.7 Å². The number of carbonyl (C=O) groups excluding carboxylic acids is 1. The summed E-state index contributed by atoms with van der Waals surface area (Å²) in [6, 6.07) is 9.61. The highest BCUT2D eigenvalue weighted by Crippen LogP contribution is 2.33. The number of nitrogens with one attached hydrogen (secondary N) is 1. The highest BCUT2D eigenvalue weighted by molar-refractivity contribution is 14.1. The first-order valence-electron chi connectivity index (χ1n) is 7.68. The van der Waals surface area contributed by atoms with Crippen LogP contribution < -0.4 is 14.8 Å². The second-order valence-corrected chi connectivity index (χ2v) is 6.44. The van der Waals surface area contributed by atoms with Crippen LogP contribution in [0.25, 0.3) is 0 Å². The van der Waals surface area contributed by atoms with Crippen molar-refractivity contribution < 1.29 is 19.0 Å². The van der Waals surface area contributed by atoms with Crippen LogP contribution in [0.2, 0.25) is 0 Å². The molecule has 1 heterocycles. The lowest BCUT2D eigenvalue weighted by Crippen LogP contribution is -2.09. The minimum Gasteiger partial charge on any atom is -0.462 e. The van der Waals surface area contributed by atoms with Gasteiger partial charge in [-0.15, -0.1) is 0 Å². The third kappa shape index (κ3) is 3.43. The minimum atomic E-state index is -0.282. The number of carbonyl (C=O) groups is 1. The summed E-state index contributed by atoms with van der Waals surface area (Å²) in [4.78, 5) is 11.9. The molecule has 0 saturated carbocycles. The van der Waals surface area contributed by atoms with Crippen LogP contribution in [0, 0.1) is 10.5 Å². The maximum absolute atomic E-state index is 11.9. The van der Waals surface area contributed by atoms with Gasteiger partial charge in [0.15, 0.2) is 11.5 Å². The summed E-state index contributed by atoms with van der Waals surface area (Å²) in [5.41, 5.74) is 3.61. The number of rotatable bonds is 5. The van der Waals surface area contributed by atoms with E-state index in [-0.39, 0.29) is 12.8 Å². The van der Waals surface area contributed by atoms with E-state index in [2.05, 4.69) is 27.9 Å². The molecule has 1 N–H and O–H groups in total. The van der Waals surface area contributed by atoms with Gasteiger partial charge in [0.05, 0.1) is 12.2 Å². The summed E-state index contributed by atoms with van der Waals surface area (Å²) in [5.74, 6) is 1.27. The molecule has 0 fully saturated rings. The molecule has 24 heavy (non-hydrogen) atoms. The maximum Gasteiger partial charge on any atom is 0.338 e. The van der Waals surface area contributed by atoms with Crippen molar-refractivity contribution in [2.75, 3.05) is 18.7 Å². The summed E-state index contributed by atoms with van der Waals surface area (Å²) in [6.45, 7) is 5.04. The van der Waals surface area contributed by atoms with E-state index in [0.717, 1.165) is 31.9 Å². The van der Waals surface area contributed by atoms with Gasteiger partial charge in [-0.2, -0.15) is 0 Å². The molecular weight excluding hydrogens is 421 g/mol. The van der Waals surface area contributed by atoms with Crippen LogP contribution in [0.15, 0.2) is 30.3 Å². The topological polar surface area (TPSA) is 56.8 Å². The number of fused-ring (bicyclic) bond motifs is 1. The molecule has 3 rings (SSSR count). The standard InChI is InChI=1S/C18H18INO4/c1-3-22-18(21)13-5-6-14(17(19)11(13)2)20-9-12-4-7-15-16(8-12)24-10-23-15/h4-8,20H,3,9-10H2,1-2H3. The van der Waals surface area contributed by atoms with Gasteiger partial charge in [0.2, 0.25) is 6.79 Å². The van der Waals surface area contributed by atoms with Gasteiger partial charge in [-0.05, 0) is 71.8 Å². The molecule has 0 bridgehead atoms. The van der Waals surface area contributed by atoms with Crippen LogP contribution in [0.1, 0.15) is 28.4 Å². The quantitative estimate of drug-likeness (QED) is 0.562. The second-order valence-electron chi connectivity index (χ2n) is 5.36. The van der Waals surface area contributed by atoms with Gasteiger partial charge < -0.3 is 19.5 Å². The fourth-order valence-corrected chi connectivity index (χ4v) is 3.16. The minimum absolute atomic E-state index is 0.276. The molecule has 126 valence electrons. The van der Waals surface area contributed by atoms with Crippen molar-refractivity contribution in [2.24, 2.45) is 0 Å². The van der Waals surface area contributed by atoms with E-state index < -0.39 is 0 Å². The molecular formula is C18H18INO4. The average Bonchev–Trinajstić information content (AvgIpc) is 3.04. The third-order valence-electron chi connectivity index (χ3n) is 3.80. The predicted molar refractivity (Wildman–Crippen MR) is 99.7 cm³/mol. The van der Waals surface area contributed by atoms with Gasteiger partial charge in [0, 0.05) is 15.8 Å². The Hall–Kier alpha value is -1.96. The molecule has 5 nitrogen and oxygen atoms in total. The van der Waals surface area contributed by atoms with Crippen molar-refractivity contribution in [3.63, 3.8) is 0 Å². The van der Waals surface area contributed by atoms with Crippen molar-refractivity contribution in [1.29, 1.82) is 0 Å². The van der Waals surface area contributed by atoms with Gasteiger partial charge in [-0.25, -0.2) is 4.79 Å². The number of halogens is 1. The molecule has 0 saturated heterocycles. The fourth-order valence-electron chi connectivity index (χ4n) is 2.50. The zero-order valence-corrected chi connectivity index (χ0v) is 15.7. The van der Waals surface area contributed by atoms with Crippen molar-refractivity contribution in [3.05, 3.63) is 50.6 Å². The molecule has 1 aliphatic rings. The summed E-state index contributed by atoms with van der Waals surface area (Å²) in [6.07, 6.45) is 0. The first kappa shape index (κ1) is 16.9. The monoisotopic (exact) mass is 439 g/mol. The maximum atomic E-state index is 11.9. The molecule has 2 aromatic rings. The molecule has 6 heteroatoms. The Balaban J connectivity index is 1.73. The van der Waals surface area contributed by atoms with Crippen LogP contribution in [-0.4, -0.2) is 19.4 Å². The molecule has 0 unspecified atom stereocenters. The second kappa shape index (κ2) is 7.29. The Kier molecular flexibility index (Phi) is 5.13. The number of esters is 1. The summed E-state index contributed by atoms with van der Waals surface area (Å²) in [5, 5.41) is 3.40. The third-order valence-corrected chi connectivity index (χ3v) is 5.19. The summed E-state index contributed by atoms with van der Waals surface area (Å²) < 4.78 is 16.8. The highest BCUT2D eigenvalue weighted by Gasteiger charge is 2.16. The zero-order valence-electron chi connectivity index (χ0n) is 13.5. The van der Waals surface area contributed by atoms with E-state index in [1.165, 1.54) is 0 Å². The van der Waals surface area contributed by atoms with Gasteiger partial charge in [0.1, 0.15) is 0 Å². The SMILES string of the molecule is CCOC(=O)c1ccc(NCc2ccc3c(c2)OCO3)c(I)c1C. The molecule has 0 atom stereocenters. The molecule has 0 aromatic heterocycles. The highest BCUT2D eigenvalue weighted by atomic mass is 127. The number of hydrogen-bond acceptors (Lipinski definition) is 5. The van der Waals surface area contributed by atoms with E-state index in [9.17, 15) is 4.79 Å². The molecule has 1 aliphatic heterocycles. The van der Waals surface area contributed by atoms with Gasteiger partial charge in [0.25, 0.3) is 0 Å². The molecule has 0 aliphatic carbocycles. The Labute approximate surface area is 154 Å². The predicted octanol–water partition coefficient (Wildman–Crippen LogP) is 4.12. The normalized spacial score (nSPS) is 12.1. The van der Waals surface area contributed by atoms with Crippen LogP contribution in [0.5, 0.6) is 11.5 Å². The van der Waals surface area contributed by atoms with Crippen molar-refractivity contribution >= 4 is 34.2 Å². The number of ether oxygens (including phenoxy) is 3. The Morgan fingerprint density at radius 3 is 2.83 bits per heavy atom. The van der Waals surface area contributed by atoms with Crippen molar-refractivity contribution in [3.8, 4) is 11.5 Å². The number of hydrogen-bond donors (Lipinski definition) is 1. The molecule has 0 amide bonds. The summed E-state index contributed by atoms with van der Waals surface area (Å²) in [7, 11) is 0. The molecule has 2 aromatic carbocycles. The van der Waals surface area contributed by atoms with Crippen LogP contribution in [-0.2, 0) is 11.3 Å². The number of anilines is 1. The smallest absolute Gasteiger partial charge is 0.338 e. The first-order valence-corrected chi connectivity index (χ1v) is 8.76. The zero-order chi connectivity index (χ0) is 17.1. The Bertz CT molecular complexity index is 776. The van der Waals surface area contributed by atoms with Crippen LogP contribution in [0.3, 0.4) is 0 Å². The summed E-state index contributed by atoms with van der Waals surface area (Å²) >= 11 is 2.25. The lowest BCUT2D eigenvalue weighted by atomic mass is 10.1. The van der Waals surface area contributed by atoms with Gasteiger partial charge >= 0.3 is 5.97 Å². The fraction of sp³-hybridized carbons (Fsp3) is 0.278. The Morgan fingerprint density at radius 1 is 1.25 bits per heavy atom. The van der Waals surface area contributed by atoms with Crippen molar-refractivity contribution in [2.45, 2.75) is 20.4 Å². The number of benzene rings is 2. The van der Waals surface area contributed by atoms with Crippen LogP contribution in [0.4, 0.5) is 5.69 Å². The molecule has 0 radical (unpaired) electrons. The van der Waals surface area contributed by atoms with Crippen molar-refractivity contribution in [1.82, 2.24) is 0 Å². The van der Waals surface area contributed by atoms with E-state index >= 15 is 0 Å². The van der Waals surface area contributed by atoms with Gasteiger partial charge in [-0.3, -0.25) is 0 Å². The lowest BCUT2D eigenvalue weighted by molar-refractivity contribution is 0.0525. The largest absolute Gasteiger partial charge is 0.462 e. The molecule has 0 spiro atoms. The Morgan fingerprint density at radius 2 is 2.04 bits per heavy atom. The van der Waals surface area contributed by atoms with E-state index in [1.807, 2.05) is 31.2 Å². The van der Waals surface area contributed by atoms with Gasteiger partial charge in [-0.1, -0.05) is 6.07 Å². The lowest BCUT2D eigenvalue weighted by Gasteiger charge is -2.13. The van der Waals surface area contributed by atoms with E-state index in [1.54, 1.807) is 13.0 Å². The van der Waals surface area contributed by atoms with Crippen LogP contribution >= 0.6 is 22.6 Å².